The Labute approximate surface area is 142 Å². The summed E-state index contributed by atoms with van der Waals surface area (Å²) >= 11 is 0. The SMILES string of the molecule is O=Cc1cc(C=Cc2ccccc2)cc(C=Cc2ccccc2)c1. The highest BCUT2D eigenvalue weighted by molar-refractivity contribution is 5.82. The molecule has 0 bridgehead atoms. The van der Waals surface area contributed by atoms with Crippen molar-refractivity contribution in [2.45, 2.75) is 0 Å². The molecule has 0 amide bonds. The Kier molecular flexibility index (Phi) is 5.16. The largest absolute Gasteiger partial charge is 0.298 e. The third-order valence-electron chi connectivity index (χ3n) is 3.67. The predicted molar refractivity (Wildman–Crippen MR) is 103 cm³/mol. The third-order valence-corrected chi connectivity index (χ3v) is 3.67. The van der Waals surface area contributed by atoms with Gasteiger partial charge in [-0.05, 0) is 40.5 Å². The van der Waals surface area contributed by atoms with E-state index in [2.05, 4.69) is 42.5 Å². The minimum absolute atomic E-state index is 0.679. The molecule has 116 valence electrons. The first-order valence-electron chi connectivity index (χ1n) is 7.90. The zero-order valence-electron chi connectivity index (χ0n) is 13.3. The minimum Gasteiger partial charge on any atom is -0.298 e. The Hall–Kier alpha value is -3.19. The molecule has 0 saturated heterocycles. The van der Waals surface area contributed by atoms with Crippen LogP contribution < -0.4 is 0 Å². The van der Waals surface area contributed by atoms with Crippen molar-refractivity contribution in [2.75, 3.05) is 0 Å². The van der Waals surface area contributed by atoms with Crippen LogP contribution in [0.15, 0.2) is 78.9 Å². The van der Waals surface area contributed by atoms with Crippen molar-refractivity contribution in [3.8, 4) is 0 Å². The van der Waals surface area contributed by atoms with Crippen LogP contribution in [-0.4, -0.2) is 6.29 Å². The summed E-state index contributed by atoms with van der Waals surface area (Å²) in [5.74, 6) is 0. The zero-order chi connectivity index (χ0) is 16.6. The fourth-order valence-electron chi connectivity index (χ4n) is 2.48. The minimum atomic E-state index is 0.679. The van der Waals surface area contributed by atoms with Gasteiger partial charge in [-0.1, -0.05) is 85.0 Å². The van der Waals surface area contributed by atoms with Crippen LogP contribution in [0.1, 0.15) is 32.6 Å². The summed E-state index contributed by atoms with van der Waals surface area (Å²) in [6.45, 7) is 0. The zero-order valence-corrected chi connectivity index (χ0v) is 13.3. The molecule has 24 heavy (non-hydrogen) atoms. The molecule has 0 heterocycles. The van der Waals surface area contributed by atoms with Gasteiger partial charge in [-0.25, -0.2) is 0 Å². The molecule has 0 saturated carbocycles. The van der Waals surface area contributed by atoms with Gasteiger partial charge in [-0.2, -0.15) is 0 Å². The van der Waals surface area contributed by atoms with E-state index in [1.165, 1.54) is 0 Å². The number of hydrogen-bond donors (Lipinski definition) is 0. The molecule has 0 atom stereocenters. The number of hydrogen-bond acceptors (Lipinski definition) is 1. The number of carbonyl (C=O) groups excluding carboxylic acids is 1. The van der Waals surface area contributed by atoms with Gasteiger partial charge in [-0.3, -0.25) is 4.79 Å². The van der Waals surface area contributed by atoms with E-state index in [1.54, 1.807) is 0 Å². The van der Waals surface area contributed by atoms with Crippen LogP contribution in [0.25, 0.3) is 24.3 Å². The van der Waals surface area contributed by atoms with Gasteiger partial charge in [0.25, 0.3) is 0 Å². The van der Waals surface area contributed by atoms with Crippen LogP contribution in [0, 0.1) is 0 Å². The van der Waals surface area contributed by atoms with E-state index < -0.39 is 0 Å². The molecule has 3 aromatic carbocycles. The maximum absolute atomic E-state index is 11.2. The molecule has 0 aliphatic carbocycles. The summed E-state index contributed by atoms with van der Waals surface area (Å²) in [6, 6.07) is 26.1. The second-order valence-corrected chi connectivity index (χ2v) is 5.54. The number of benzene rings is 3. The monoisotopic (exact) mass is 310 g/mol. The first-order chi connectivity index (χ1) is 11.8. The molecule has 1 heteroatoms. The normalized spacial score (nSPS) is 11.2. The molecule has 0 unspecified atom stereocenters. The molecule has 0 radical (unpaired) electrons. The molecular formula is C23H18O. The predicted octanol–water partition coefficient (Wildman–Crippen LogP) is 5.84. The maximum Gasteiger partial charge on any atom is 0.150 e. The lowest BCUT2D eigenvalue weighted by Gasteiger charge is -2.01. The van der Waals surface area contributed by atoms with Crippen molar-refractivity contribution >= 4 is 30.6 Å². The van der Waals surface area contributed by atoms with Gasteiger partial charge in [0.15, 0.2) is 0 Å². The summed E-state index contributed by atoms with van der Waals surface area (Å²) < 4.78 is 0. The average Bonchev–Trinajstić information content (AvgIpc) is 2.66. The van der Waals surface area contributed by atoms with Gasteiger partial charge in [-0.15, -0.1) is 0 Å². The number of aldehydes is 1. The summed E-state index contributed by atoms with van der Waals surface area (Å²) in [6.07, 6.45) is 9.05. The topological polar surface area (TPSA) is 17.1 Å². The van der Waals surface area contributed by atoms with Crippen LogP contribution in [0.5, 0.6) is 0 Å². The Bertz CT molecular complexity index is 791. The van der Waals surface area contributed by atoms with Gasteiger partial charge in [0.2, 0.25) is 0 Å². The van der Waals surface area contributed by atoms with Gasteiger partial charge in [0.05, 0.1) is 0 Å². The Morgan fingerprint density at radius 3 is 1.25 bits per heavy atom. The molecule has 3 rings (SSSR count). The van der Waals surface area contributed by atoms with Crippen molar-refractivity contribution in [1.29, 1.82) is 0 Å². The molecule has 0 aliphatic rings. The van der Waals surface area contributed by atoms with Gasteiger partial charge >= 0.3 is 0 Å². The van der Waals surface area contributed by atoms with Gasteiger partial charge < -0.3 is 0 Å². The first-order valence-corrected chi connectivity index (χ1v) is 7.90. The van der Waals surface area contributed by atoms with E-state index in [9.17, 15) is 4.79 Å². The second kappa shape index (κ2) is 7.89. The quantitative estimate of drug-likeness (QED) is 0.427. The lowest BCUT2D eigenvalue weighted by molar-refractivity contribution is 0.112. The summed E-state index contributed by atoms with van der Waals surface area (Å²) in [7, 11) is 0. The van der Waals surface area contributed by atoms with E-state index in [4.69, 9.17) is 0 Å². The highest BCUT2D eigenvalue weighted by atomic mass is 16.1. The van der Waals surface area contributed by atoms with E-state index in [1.807, 2.05) is 60.7 Å². The summed E-state index contributed by atoms with van der Waals surface area (Å²) in [5.41, 5.74) is 4.97. The maximum atomic E-state index is 11.2. The standard InChI is InChI=1S/C23H18O/c24-18-23-16-21(13-11-19-7-3-1-4-8-19)15-22(17-23)14-12-20-9-5-2-6-10-20/h1-18H. The average molecular weight is 310 g/mol. The van der Waals surface area contributed by atoms with Crippen molar-refractivity contribution in [3.63, 3.8) is 0 Å². The fourth-order valence-corrected chi connectivity index (χ4v) is 2.48. The molecule has 0 fully saturated rings. The molecule has 3 aromatic rings. The molecule has 0 spiro atoms. The highest BCUT2D eigenvalue weighted by Crippen LogP contribution is 2.15. The van der Waals surface area contributed by atoms with Gasteiger partial charge in [0, 0.05) is 5.56 Å². The van der Waals surface area contributed by atoms with Crippen LogP contribution in [0.2, 0.25) is 0 Å². The lowest BCUT2D eigenvalue weighted by atomic mass is 10.0. The smallest absolute Gasteiger partial charge is 0.150 e. The molecule has 1 nitrogen and oxygen atoms in total. The number of rotatable bonds is 5. The van der Waals surface area contributed by atoms with Crippen LogP contribution in [-0.2, 0) is 0 Å². The summed E-state index contributed by atoms with van der Waals surface area (Å²) in [5, 5.41) is 0. The highest BCUT2D eigenvalue weighted by Gasteiger charge is 1.97. The Balaban J connectivity index is 1.87. The van der Waals surface area contributed by atoms with Crippen molar-refractivity contribution in [2.24, 2.45) is 0 Å². The van der Waals surface area contributed by atoms with Gasteiger partial charge in [0.1, 0.15) is 6.29 Å². The van der Waals surface area contributed by atoms with E-state index >= 15 is 0 Å². The first kappa shape index (κ1) is 15.7. The van der Waals surface area contributed by atoms with E-state index in [0.29, 0.717) is 5.56 Å². The van der Waals surface area contributed by atoms with Crippen LogP contribution >= 0.6 is 0 Å². The Morgan fingerprint density at radius 1 is 0.458 bits per heavy atom. The molecule has 0 aromatic heterocycles. The van der Waals surface area contributed by atoms with Crippen molar-refractivity contribution < 1.29 is 4.79 Å². The van der Waals surface area contributed by atoms with E-state index in [0.717, 1.165) is 28.5 Å². The third kappa shape index (κ3) is 4.40. The molecular weight excluding hydrogens is 292 g/mol. The number of carbonyl (C=O) groups is 1. The Morgan fingerprint density at radius 2 is 0.833 bits per heavy atom. The van der Waals surface area contributed by atoms with Crippen LogP contribution in [0.4, 0.5) is 0 Å². The van der Waals surface area contributed by atoms with Crippen molar-refractivity contribution in [1.82, 2.24) is 0 Å². The second-order valence-electron chi connectivity index (χ2n) is 5.54. The molecule has 0 N–H and O–H groups in total. The van der Waals surface area contributed by atoms with Crippen LogP contribution in [0.3, 0.4) is 0 Å². The van der Waals surface area contributed by atoms with E-state index in [-0.39, 0.29) is 0 Å². The van der Waals surface area contributed by atoms with Crippen molar-refractivity contribution in [3.05, 3.63) is 107 Å². The summed E-state index contributed by atoms with van der Waals surface area (Å²) in [4.78, 5) is 11.2. The molecule has 0 aliphatic heterocycles. The fraction of sp³-hybridized carbons (Fsp3) is 0. The lowest BCUT2D eigenvalue weighted by Crippen LogP contribution is -1.85.